The number of rotatable bonds is 4. The van der Waals surface area contributed by atoms with E-state index in [1.807, 2.05) is 12.1 Å². The predicted molar refractivity (Wildman–Crippen MR) is 87.0 cm³/mol. The number of amides is 2. The molecule has 0 bridgehead atoms. The maximum atomic E-state index is 11.9. The molecule has 1 aromatic carbocycles. The van der Waals surface area contributed by atoms with E-state index < -0.39 is 0 Å². The quantitative estimate of drug-likeness (QED) is 0.642. The van der Waals surface area contributed by atoms with Crippen molar-refractivity contribution in [2.45, 2.75) is 51.0 Å². The van der Waals surface area contributed by atoms with Crippen LogP contribution in [0, 0.1) is 0 Å². The van der Waals surface area contributed by atoms with Gasteiger partial charge in [0.1, 0.15) is 6.42 Å². The van der Waals surface area contributed by atoms with Gasteiger partial charge in [-0.05, 0) is 37.1 Å². The van der Waals surface area contributed by atoms with Crippen LogP contribution in [0.2, 0.25) is 0 Å². The highest BCUT2D eigenvalue weighted by Gasteiger charge is 2.16. The molecule has 2 N–H and O–H groups in total. The summed E-state index contributed by atoms with van der Waals surface area (Å²) in [4.78, 5) is 23.7. The normalized spacial score (nSPS) is 16.0. The van der Waals surface area contributed by atoms with E-state index in [-0.39, 0.29) is 24.3 Å². The molecule has 0 spiro atoms. The molecule has 0 aromatic heterocycles. The van der Waals surface area contributed by atoms with Crippen molar-refractivity contribution >= 4 is 33.4 Å². The van der Waals surface area contributed by atoms with Crippen molar-refractivity contribution in [2.75, 3.05) is 5.32 Å². The summed E-state index contributed by atoms with van der Waals surface area (Å²) >= 11 is 3.34. The molecule has 1 aliphatic rings. The van der Waals surface area contributed by atoms with Gasteiger partial charge in [0.15, 0.2) is 0 Å². The molecule has 0 atom stereocenters. The Hall–Kier alpha value is -1.36. The first-order valence-corrected chi connectivity index (χ1v) is 8.27. The van der Waals surface area contributed by atoms with Crippen molar-refractivity contribution in [1.82, 2.24) is 5.32 Å². The fraction of sp³-hybridized carbons (Fsp3) is 0.500. The van der Waals surface area contributed by atoms with Crippen LogP contribution in [0.4, 0.5) is 5.69 Å². The fourth-order valence-electron chi connectivity index (χ4n) is 2.59. The Morgan fingerprint density at radius 1 is 1.00 bits per heavy atom. The van der Waals surface area contributed by atoms with Crippen LogP contribution < -0.4 is 10.6 Å². The van der Waals surface area contributed by atoms with E-state index in [9.17, 15) is 9.59 Å². The van der Waals surface area contributed by atoms with Crippen molar-refractivity contribution in [3.63, 3.8) is 0 Å². The first-order valence-electron chi connectivity index (χ1n) is 7.48. The Labute approximate surface area is 133 Å². The van der Waals surface area contributed by atoms with E-state index in [0.29, 0.717) is 5.69 Å². The van der Waals surface area contributed by atoms with Crippen LogP contribution in [0.3, 0.4) is 0 Å². The van der Waals surface area contributed by atoms with E-state index in [2.05, 4.69) is 26.6 Å². The summed E-state index contributed by atoms with van der Waals surface area (Å²) in [6.07, 6.45) is 6.76. The molecule has 4 nitrogen and oxygen atoms in total. The van der Waals surface area contributed by atoms with Crippen molar-refractivity contribution in [2.24, 2.45) is 0 Å². The van der Waals surface area contributed by atoms with Gasteiger partial charge < -0.3 is 10.6 Å². The van der Waals surface area contributed by atoms with Crippen LogP contribution in [-0.2, 0) is 9.59 Å². The molecule has 2 rings (SSSR count). The van der Waals surface area contributed by atoms with Crippen molar-refractivity contribution in [3.8, 4) is 0 Å². The summed E-state index contributed by atoms with van der Waals surface area (Å²) in [7, 11) is 0. The lowest BCUT2D eigenvalue weighted by molar-refractivity contribution is -0.127. The van der Waals surface area contributed by atoms with Crippen LogP contribution in [0.1, 0.15) is 44.9 Å². The van der Waals surface area contributed by atoms with Gasteiger partial charge in [-0.3, -0.25) is 9.59 Å². The van der Waals surface area contributed by atoms with E-state index >= 15 is 0 Å². The Morgan fingerprint density at radius 2 is 1.62 bits per heavy atom. The molecule has 0 radical (unpaired) electrons. The maximum Gasteiger partial charge on any atom is 0.233 e. The Bertz CT molecular complexity index is 480. The van der Waals surface area contributed by atoms with E-state index in [0.717, 1.165) is 30.2 Å². The van der Waals surface area contributed by atoms with E-state index in [1.165, 1.54) is 12.8 Å². The first-order chi connectivity index (χ1) is 10.1. The highest BCUT2D eigenvalue weighted by Crippen LogP contribution is 2.17. The molecule has 0 aliphatic heterocycles. The van der Waals surface area contributed by atoms with Gasteiger partial charge in [0.2, 0.25) is 11.8 Å². The number of carbonyl (C=O) groups excluding carboxylic acids is 2. The van der Waals surface area contributed by atoms with E-state index in [4.69, 9.17) is 0 Å². The second-order valence-electron chi connectivity index (χ2n) is 5.49. The highest BCUT2D eigenvalue weighted by atomic mass is 79.9. The minimum Gasteiger partial charge on any atom is -0.353 e. The molecule has 1 aliphatic carbocycles. The monoisotopic (exact) mass is 352 g/mol. The number of hydrogen-bond acceptors (Lipinski definition) is 2. The lowest BCUT2D eigenvalue weighted by Crippen LogP contribution is -2.36. The molecule has 114 valence electrons. The lowest BCUT2D eigenvalue weighted by atomic mass is 10.1. The third kappa shape index (κ3) is 5.87. The molecule has 1 fully saturated rings. The second-order valence-corrected chi connectivity index (χ2v) is 6.40. The Balaban J connectivity index is 1.76. The zero-order chi connectivity index (χ0) is 15.1. The summed E-state index contributed by atoms with van der Waals surface area (Å²) in [5.41, 5.74) is 0.700. The summed E-state index contributed by atoms with van der Waals surface area (Å²) < 4.78 is 0.951. The summed E-state index contributed by atoms with van der Waals surface area (Å²) in [5, 5.41) is 5.71. The minimum absolute atomic E-state index is 0.118. The zero-order valence-corrected chi connectivity index (χ0v) is 13.6. The molecule has 5 heteroatoms. The van der Waals surface area contributed by atoms with Crippen molar-refractivity contribution in [3.05, 3.63) is 28.7 Å². The summed E-state index contributed by atoms with van der Waals surface area (Å²) in [5.74, 6) is -0.458. The molecule has 0 heterocycles. The molecule has 1 saturated carbocycles. The van der Waals surface area contributed by atoms with Gasteiger partial charge in [0, 0.05) is 16.2 Å². The molecular formula is C16H21BrN2O2. The average molecular weight is 353 g/mol. The number of benzene rings is 1. The Morgan fingerprint density at radius 3 is 2.24 bits per heavy atom. The number of nitrogens with one attached hydrogen (secondary N) is 2. The largest absolute Gasteiger partial charge is 0.353 e. The SMILES string of the molecule is O=C(CC(=O)NC1CCCCCC1)Nc1ccc(Br)cc1. The first kappa shape index (κ1) is 16.0. The molecule has 1 aromatic rings. The molecule has 2 amide bonds. The maximum absolute atomic E-state index is 11.9. The number of carbonyl (C=O) groups is 2. The second kappa shape index (κ2) is 8.17. The average Bonchev–Trinajstić information content (AvgIpc) is 2.69. The highest BCUT2D eigenvalue weighted by molar-refractivity contribution is 9.10. The van der Waals surface area contributed by atoms with Crippen molar-refractivity contribution < 1.29 is 9.59 Å². The minimum atomic E-state index is -0.275. The fourth-order valence-corrected chi connectivity index (χ4v) is 2.85. The van der Waals surface area contributed by atoms with E-state index in [1.54, 1.807) is 12.1 Å². The molecule has 21 heavy (non-hydrogen) atoms. The van der Waals surface area contributed by atoms with Crippen LogP contribution >= 0.6 is 15.9 Å². The summed E-state index contributed by atoms with van der Waals surface area (Å²) in [6.45, 7) is 0. The topological polar surface area (TPSA) is 58.2 Å². The molecule has 0 saturated heterocycles. The Kier molecular flexibility index (Phi) is 6.23. The smallest absolute Gasteiger partial charge is 0.233 e. The van der Waals surface area contributed by atoms with Gasteiger partial charge in [-0.25, -0.2) is 0 Å². The number of halogens is 1. The number of anilines is 1. The lowest BCUT2D eigenvalue weighted by Gasteiger charge is -2.16. The van der Waals surface area contributed by atoms with Crippen LogP contribution in [0.15, 0.2) is 28.7 Å². The third-order valence-electron chi connectivity index (χ3n) is 3.67. The predicted octanol–water partition coefficient (Wildman–Crippen LogP) is 3.62. The van der Waals surface area contributed by atoms with Gasteiger partial charge in [0.25, 0.3) is 0 Å². The summed E-state index contributed by atoms with van der Waals surface area (Å²) in [6, 6.07) is 7.53. The standard InChI is InChI=1S/C16H21BrN2O2/c17-12-7-9-14(10-8-12)19-16(21)11-15(20)18-13-5-3-1-2-4-6-13/h7-10,13H,1-6,11H2,(H,18,20)(H,19,21). The van der Waals surface area contributed by atoms with Crippen LogP contribution in [0.25, 0.3) is 0 Å². The van der Waals surface area contributed by atoms with Gasteiger partial charge >= 0.3 is 0 Å². The van der Waals surface area contributed by atoms with Gasteiger partial charge in [-0.1, -0.05) is 41.6 Å². The van der Waals surface area contributed by atoms with Gasteiger partial charge in [-0.2, -0.15) is 0 Å². The zero-order valence-electron chi connectivity index (χ0n) is 12.0. The van der Waals surface area contributed by atoms with Crippen LogP contribution in [-0.4, -0.2) is 17.9 Å². The molecular weight excluding hydrogens is 332 g/mol. The van der Waals surface area contributed by atoms with Gasteiger partial charge in [0.05, 0.1) is 0 Å². The van der Waals surface area contributed by atoms with Gasteiger partial charge in [-0.15, -0.1) is 0 Å². The van der Waals surface area contributed by atoms with Crippen LogP contribution in [0.5, 0.6) is 0 Å². The molecule has 0 unspecified atom stereocenters. The third-order valence-corrected chi connectivity index (χ3v) is 4.20. The number of hydrogen-bond donors (Lipinski definition) is 2. The van der Waals surface area contributed by atoms with Crippen molar-refractivity contribution in [1.29, 1.82) is 0 Å².